The molecule has 2 rings (SSSR count). The van der Waals surface area contributed by atoms with E-state index in [1.807, 2.05) is 7.05 Å². The fourth-order valence-corrected chi connectivity index (χ4v) is 2.75. The molecule has 1 aliphatic rings. The summed E-state index contributed by atoms with van der Waals surface area (Å²) in [5.41, 5.74) is 1.43. The molecule has 0 unspecified atom stereocenters. The molecule has 2 heterocycles. The monoisotopic (exact) mass is 255 g/mol. The number of piperazine rings is 1. The van der Waals surface area contributed by atoms with Crippen LogP contribution in [0.3, 0.4) is 0 Å². The van der Waals surface area contributed by atoms with Gasteiger partial charge < -0.3 is 10.2 Å². The lowest BCUT2D eigenvalue weighted by atomic mass is 10.2. The highest BCUT2D eigenvalue weighted by molar-refractivity contribution is 7.80. The van der Waals surface area contributed by atoms with E-state index in [0.29, 0.717) is 0 Å². The van der Waals surface area contributed by atoms with Crippen molar-refractivity contribution >= 4 is 28.7 Å². The fraction of sp³-hybridized carbons (Fsp3) is 0.545. The largest absolute Gasteiger partial charge is 0.366 e. The molecule has 0 aromatic carbocycles. The van der Waals surface area contributed by atoms with Crippen LogP contribution >= 0.6 is 23.6 Å². The summed E-state index contributed by atoms with van der Waals surface area (Å²) in [6, 6.07) is 2.20. The molecule has 0 bridgehead atoms. The van der Waals surface area contributed by atoms with E-state index in [1.54, 1.807) is 11.3 Å². The Kier molecular flexibility index (Phi) is 4.15. The zero-order chi connectivity index (χ0) is 11.4. The molecule has 0 aliphatic carbocycles. The smallest absolute Gasteiger partial charge is 0.168 e. The first-order chi connectivity index (χ1) is 7.79. The molecule has 1 aromatic rings. The lowest BCUT2D eigenvalue weighted by Gasteiger charge is -2.35. The molecule has 5 heteroatoms. The van der Waals surface area contributed by atoms with Gasteiger partial charge in [0.05, 0.1) is 0 Å². The SMILES string of the molecule is CNC(=S)N1CCN(Cc2ccsc2)CC1. The summed E-state index contributed by atoms with van der Waals surface area (Å²) in [6.45, 7) is 5.33. The lowest BCUT2D eigenvalue weighted by molar-refractivity contribution is 0.175. The van der Waals surface area contributed by atoms with Crippen LogP contribution in [0.5, 0.6) is 0 Å². The van der Waals surface area contributed by atoms with Crippen molar-refractivity contribution in [1.29, 1.82) is 0 Å². The molecule has 1 saturated heterocycles. The molecule has 1 fully saturated rings. The molecule has 1 N–H and O–H groups in total. The van der Waals surface area contributed by atoms with Crippen molar-refractivity contribution in [3.05, 3.63) is 22.4 Å². The summed E-state index contributed by atoms with van der Waals surface area (Å²) >= 11 is 7.00. The zero-order valence-electron chi connectivity index (χ0n) is 9.48. The number of hydrogen-bond acceptors (Lipinski definition) is 3. The average Bonchev–Trinajstić information content (AvgIpc) is 2.82. The fourth-order valence-electron chi connectivity index (χ4n) is 1.91. The Morgan fingerprint density at radius 3 is 2.75 bits per heavy atom. The molecular weight excluding hydrogens is 238 g/mol. The maximum Gasteiger partial charge on any atom is 0.168 e. The second kappa shape index (κ2) is 5.61. The van der Waals surface area contributed by atoms with E-state index < -0.39 is 0 Å². The van der Waals surface area contributed by atoms with E-state index in [2.05, 4.69) is 31.9 Å². The Labute approximate surface area is 106 Å². The molecule has 0 amide bonds. The van der Waals surface area contributed by atoms with Crippen molar-refractivity contribution in [2.24, 2.45) is 0 Å². The molecule has 0 radical (unpaired) electrons. The van der Waals surface area contributed by atoms with Crippen LogP contribution in [-0.2, 0) is 6.54 Å². The van der Waals surface area contributed by atoms with Gasteiger partial charge in [-0.15, -0.1) is 0 Å². The first-order valence-corrected chi connectivity index (χ1v) is 6.85. The van der Waals surface area contributed by atoms with Crippen molar-refractivity contribution in [2.75, 3.05) is 33.2 Å². The van der Waals surface area contributed by atoms with Gasteiger partial charge in [-0.05, 0) is 34.6 Å². The number of nitrogens with one attached hydrogen (secondary N) is 1. The Morgan fingerprint density at radius 1 is 1.44 bits per heavy atom. The van der Waals surface area contributed by atoms with Crippen molar-refractivity contribution in [3.63, 3.8) is 0 Å². The first-order valence-electron chi connectivity index (χ1n) is 5.49. The Balaban J connectivity index is 1.79. The third-order valence-corrected chi connectivity index (χ3v) is 4.05. The molecule has 16 heavy (non-hydrogen) atoms. The minimum absolute atomic E-state index is 0.871. The molecule has 1 aliphatic heterocycles. The number of thiophene rings is 1. The van der Waals surface area contributed by atoms with Crippen LogP contribution in [0.2, 0.25) is 0 Å². The summed E-state index contributed by atoms with van der Waals surface area (Å²) in [7, 11) is 1.89. The van der Waals surface area contributed by atoms with E-state index in [4.69, 9.17) is 12.2 Å². The molecular formula is C11H17N3S2. The summed E-state index contributed by atoms with van der Waals surface area (Å²) in [4.78, 5) is 4.72. The third-order valence-electron chi connectivity index (χ3n) is 2.86. The Bertz CT molecular complexity index is 329. The second-order valence-electron chi connectivity index (χ2n) is 3.95. The van der Waals surface area contributed by atoms with Crippen LogP contribution < -0.4 is 5.32 Å². The van der Waals surface area contributed by atoms with E-state index in [9.17, 15) is 0 Å². The highest BCUT2D eigenvalue weighted by Gasteiger charge is 2.18. The van der Waals surface area contributed by atoms with Gasteiger partial charge in [0.15, 0.2) is 5.11 Å². The lowest BCUT2D eigenvalue weighted by Crippen LogP contribution is -2.50. The molecule has 3 nitrogen and oxygen atoms in total. The minimum Gasteiger partial charge on any atom is -0.366 e. The van der Waals surface area contributed by atoms with Gasteiger partial charge in [-0.1, -0.05) is 0 Å². The van der Waals surface area contributed by atoms with Gasteiger partial charge in [0.2, 0.25) is 0 Å². The highest BCUT2D eigenvalue weighted by atomic mass is 32.1. The summed E-state index contributed by atoms with van der Waals surface area (Å²) in [5, 5.41) is 8.27. The zero-order valence-corrected chi connectivity index (χ0v) is 11.1. The standard InChI is InChI=1S/C11H17N3S2/c1-12-11(15)14-5-3-13(4-6-14)8-10-2-7-16-9-10/h2,7,9H,3-6,8H2,1H3,(H,12,15). The molecule has 0 spiro atoms. The van der Waals surface area contributed by atoms with Crippen LogP contribution in [0.1, 0.15) is 5.56 Å². The van der Waals surface area contributed by atoms with Crippen molar-refractivity contribution in [2.45, 2.75) is 6.54 Å². The van der Waals surface area contributed by atoms with E-state index in [0.717, 1.165) is 37.8 Å². The molecule has 0 saturated carbocycles. The quantitative estimate of drug-likeness (QED) is 0.804. The van der Waals surface area contributed by atoms with Crippen LogP contribution in [0.25, 0.3) is 0 Å². The third kappa shape index (κ3) is 2.93. The van der Waals surface area contributed by atoms with Gasteiger partial charge >= 0.3 is 0 Å². The predicted octanol–water partition coefficient (Wildman–Crippen LogP) is 1.37. The summed E-state index contributed by atoms with van der Waals surface area (Å²) in [6.07, 6.45) is 0. The van der Waals surface area contributed by atoms with Crippen molar-refractivity contribution < 1.29 is 0 Å². The van der Waals surface area contributed by atoms with E-state index >= 15 is 0 Å². The van der Waals surface area contributed by atoms with Crippen LogP contribution in [0, 0.1) is 0 Å². The highest BCUT2D eigenvalue weighted by Crippen LogP contribution is 2.11. The Morgan fingerprint density at radius 2 is 2.19 bits per heavy atom. The van der Waals surface area contributed by atoms with Crippen molar-refractivity contribution in [3.8, 4) is 0 Å². The van der Waals surface area contributed by atoms with Gasteiger partial charge in [-0.3, -0.25) is 4.90 Å². The van der Waals surface area contributed by atoms with Gasteiger partial charge in [0.25, 0.3) is 0 Å². The predicted molar refractivity (Wildman–Crippen MR) is 72.8 cm³/mol. The summed E-state index contributed by atoms with van der Waals surface area (Å²) in [5.74, 6) is 0. The number of thiocarbonyl (C=S) groups is 1. The van der Waals surface area contributed by atoms with E-state index in [1.165, 1.54) is 5.56 Å². The second-order valence-corrected chi connectivity index (χ2v) is 5.12. The van der Waals surface area contributed by atoms with Crippen molar-refractivity contribution in [1.82, 2.24) is 15.1 Å². The number of nitrogens with zero attached hydrogens (tertiary/aromatic N) is 2. The Hall–Kier alpha value is -0.650. The number of rotatable bonds is 2. The van der Waals surface area contributed by atoms with Gasteiger partial charge in [0, 0.05) is 39.8 Å². The minimum atomic E-state index is 0.871. The van der Waals surface area contributed by atoms with Gasteiger partial charge in [0.1, 0.15) is 0 Å². The summed E-state index contributed by atoms with van der Waals surface area (Å²) < 4.78 is 0. The van der Waals surface area contributed by atoms with Crippen LogP contribution in [0.4, 0.5) is 0 Å². The van der Waals surface area contributed by atoms with Crippen LogP contribution in [0.15, 0.2) is 16.8 Å². The molecule has 88 valence electrons. The topological polar surface area (TPSA) is 18.5 Å². The molecule has 0 atom stereocenters. The molecule has 1 aromatic heterocycles. The van der Waals surface area contributed by atoms with Gasteiger partial charge in [-0.25, -0.2) is 0 Å². The average molecular weight is 255 g/mol. The first kappa shape index (κ1) is 11.8. The van der Waals surface area contributed by atoms with Gasteiger partial charge in [-0.2, -0.15) is 11.3 Å². The number of hydrogen-bond donors (Lipinski definition) is 1. The normalized spacial score (nSPS) is 17.4. The maximum atomic E-state index is 5.23. The maximum absolute atomic E-state index is 5.23. The van der Waals surface area contributed by atoms with E-state index in [-0.39, 0.29) is 0 Å². The van der Waals surface area contributed by atoms with Crippen LogP contribution in [-0.4, -0.2) is 48.1 Å².